The van der Waals surface area contributed by atoms with Crippen molar-refractivity contribution in [2.24, 2.45) is 5.41 Å². The minimum atomic E-state index is 0.528. The van der Waals surface area contributed by atoms with E-state index >= 15 is 0 Å². The second kappa shape index (κ2) is 6.07. The summed E-state index contributed by atoms with van der Waals surface area (Å²) in [6.45, 7) is 7.02. The number of nitrogens with zero attached hydrogens (tertiary/aromatic N) is 1. The van der Waals surface area contributed by atoms with Crippen LogP contribution in [0.3, 0.4) is 0 Å². The van der Waals surface area contributed by atoms with E-state index in [4.69, 9.17) is 0 Å². The van der Waals surface area contributed by atoms with Crippen LogP contribution >= 0.6 is 0 Å². The van der Waals surface area contributed by atoms with E-state index in [1.165, 1.54) is 49.0 Å². The molecule has 0 aromatic heterocycles. The van der Waals surface area contributed by atoms with Crippen molar-refractivity contribution in [2.45, 2.75) is 58.9 Å². The Morgan fingerprint density at radius 2 is 1.90 bits per heavy atom. The highest BCUT2D eigenvalue weighted by Crippen LogP contribution is 2.35. The van der Waals surface area contributed by atoms with Crippen molar-refractivity contribution in [1.82, 2.24) is 0 Å². The van der Waals surface area contributed by atoms with Gasteiger partial charge in [-0.15, -0.1) is 0 Å². The quantitative estimate of drug-likeness (QED) is 0.794. The van der Waals surface area contributed by atoms with Crippen molar-refractivity contribution in [3.63, 3.8) is 0 Å². The van der Waals surface area contributed by atoms with E-state index in [0.29, 0.717) is 11.5 Å². The third kappa shape index (κ3) is 3.91. The zero-order valence-electron chi connectivity index (χ0n) is 13.8. The van der Waals surface area contributed by atoms with E-state index in [0.717, 1.165) is 0 Å². The predicted molar refractivity (Wildman–Crippen MR) is 89.8 cm³/mol. The van der Waals surface area contributed by atoms with Crippen molar-refractivity contribution in [1.29, 1.82) is 0 Å². The summed E-state index contributed by atoms with van der Waals surface area (Å²) >= 11 is 0. The monoisotopic (exact) mass is 274 g/mol. The maximum absolute atomic E-state index is 3.77. The number of aryl methyl sites for hydroxylation is 1. The van der Waals surface area contributed by atoms with E-state index in [2.05, 4.69) is 63.3 Å². The first kappa shape index (κ1) is 15.2. The highest BCUT2D eigenvalue weighted by Gasteiger charge is 2.24. The SMILES string of the molecule is Cc1cc(N(C)C)ccc1NC1CCCC(C)(C)CC1. The Labute approximate surface area is 124 Å². The molecule has 0 bridgehead atoms. The lowest BCUT2D eigenvalue weighted by Gasteiger charge is -2.23. The molecule has 1 unspecified atom stereocenters. The van der Waals surface area contributed by atoms with Gasteiger partial charge in [0.1, 0.15) is 0 Å². The molecule has 0 spiro atoms. The number of rotatable bonds is 3. The van der Waals surface area contributed by atoms with Gasteiger partial charge in [-0.1, -0.05) is 20.3 Å². The molecule has 20 heavy (non-hydrogen) atoms. The fraction of sp³-hybridized carbons (Fsp3) is 0.667. The van der Waals surface area contributed by atoms with Gasteiger partial charge in [-0.05, 0) is 61.8 Å². The van der Waals surface area contributed by atoms with Crippen LogP contribution in [0, 0.1) is 12.3 Å². The first-order chi connectivity index (χ1) is 9.37. The van der Waals surface area contributed by atoms with Gasteiger partial charge < -0.3 is 10.2 Å². The molecule has 1 N–H and O–H groups in total. The van der Waals surface area contributed by atoms with Crippen LogP contribution in [-0.2, 0) is 0 Å². The van der Waals surface area contributed by atoms with Crippen molar-refractivity contribution in [3.05, 3.63) is 23.8 Å². The molecular weight excluding hydrogens is 244 g/mol. The highest BCUT2D eigenvalue weighted by molar-refractivity contribution is 5.60. The van der Waals surface area contributed by atoms with Gasteiger partial charge >= 0.3 is 0 Å². The molecule has 112 valence electrons. The first-order valence-electron chi connectivity index (χ1n) is 7.92. The number of hydrogen-bond donors (Lipinski definition) is 1. The smallest absolute Gasteiger partial charge is 0.0373 e. The second-order valence-electron chi connectivity index (χ2n) is 7.33. The van der Waals surface area contributed by atoms with Crippen LogP contribution in [0.2, 0.25) is 0 Å². The number of anilines is 2. The summed E-state index contributed by atoms with van der Waals surface area (Å²) in [4.78, 5) is 2.16. The molecule has 0 radical (unpaired) electrons. The van der Waals surface area contributed by atoms with Gasteiger partial charge in [0.2, 0.25) is 0 Å². The standard InChI is InChI=1S/C18H30N2/c1-14-13-16(20(4)5)8-9-17(14)19-15-7-6-11-18(2,3)12-10-15/h8-9,13,15,19H,6-7,10-12H2,1-5H3. The fourth-order valence-electron chi connectivity index (χ4n) is 3.11. The summed E-state index contributed by atoms with van der Waals surface area (Å²) in [7, 11) is 4.19. The van der Waals surface area contributed by atoms with Crippen molar-refractivity contribution >= 4 is 11.4 Å². The molecule has 1 atom stereocenters. The Morgan fingerprint density at radius 3 is 2.55 bits per heavy atom. The van der Waals surface area contributed by atoms with Crippen LogP contribution in [0.25, 0.3) is 0 Å². The Balaban J connectivity index is 2.03. The molecule has 1 aromatic rings. The predicted octanol–water partition coefficient (Wildman–Crippen LogP) is 4.83. The van der Waals surface area contributed by atoms with Gasteiger partial charge in [0.25, 0.3) is 0 Å². The molecule has 2 heteroatoms. The first-order valence-corrected chi connectivity index (χ1v) is 7.92. The van der Waals surface area contributed by atoms with Crippen LogP contribution in [0.4, 0.5) is 11.4 Å². The maximum atomic E-state index is 3.77. The van der Waals surface area contributed by atoms with E-state index in [9.17, 15) is 0 Å². The maximum Gasteiger partial charge on any atom is 0.0373 e. The van der Waals surface area contributed by atoms with E-state index in [1.807, 2.05) is 0 Å². The largest absolute Gasteiger partial charge is 0.382 e. The third-order valence-corrected chi connectivity index (χ3v) is 4.66. The van der Waals surface area contributed by atoms with Gasteiger partial charge in [-0.25, -0.2) is 0 Å². The molecule has 1 aliphatic carbocycles. The number of nitrogens with one attached hydrogen (secondary N) is 1. The lowest BCUT2D eigenvalue weighted by atomic mass is 9.85. The van der Waals surface area contributed by atoms with Crippen LogP contribution in [0.15, 0.2) is 18.2 Å². The molecule has 2 rings (SSSR count). The molecule has 1 saturated carbocycles. The second-order valence-corrected chi connectivity index (χ2v) is 7.33. The van der Waals surface area contributed by atoms with Crippen molar-refractivity contribution in [2.75, 3.05) is 24.3 Å². The fourth-order valence-corrected chi connectivity index (χ4v) is 3.11. The number of benzene rings is 1. The Hall–Kier alpha value is -1.18. The topological polar surface area (TPSA) is 15.3 Å². The van der Waals surface area contributed by atoms with Crippen LogP contribution in [-0.4, -0.2) is 20.1 Å². The average molecular weight is 274 g/mol. The third-order valence-electron chi connectivity index (χ3n) is 4.66. The Kier molecular flexibility index (Phi) is 4.62. The van der Waals surface area contributed by atoms with Crippen LogP contribution < -0.4 is 10.2 Å². The summed E-state index contributed by atoms with van der Waals surface area (Å²) in [6, 6.07) is 7.35. The zero-order valence-corrected chi connectivity index (χ0v) is 13.8. The molecular formula is C18H30N2. The lowest BCUT2D eigenvalue weighted by Crippen LogP contribution is -2.20. The Morgan fingerprint density at radius 1 is 1.15 bits per heavy atom. The van der Waals surface area contributed by atoms with Gasteiger partial charge in [0, 0.05) is 31.5 Å². The van der Waals surface area contributed by atoms with Crippen molar-refractivity contribution < 1.29 is 0 Å². The highest BCUT2D eigenvalue weighted by atomic mass is 15.1. The van der Waals surface area contributed by atoms with Gasteiger partial charge in [0.05, 0.1) is 0 Å². The summed E-state index contributed by atoms with van der Waals surface area (Å²) in [5.74, 6) is 0. The Bertz CT molecular complexity index is 449. The van der Waals surface area contributed by atoms with Crippen molar-refractivity contribution in [3.8, 4) is 0 Å². The van der Waals surface area contributed by atoms with Gasteiger partial charge in [-0.3, -0.25) is 0 Å². The summed E-state index contributed by atoms with van der Waals surface area (Å²) in [5.41, 5.74) is 4.45. The van der Waals surface area contributed by atoms with Crippen LogP contribution in [0.1, 0.15) is 51.5 Å². The van der Waals surface area contributed by atoms with E-state index < -0.39 is 0 Å². The molecule has 1 aliphatic rings. The number of hydrogen-bond acceptors (Lipinski definition) is 2. The normalized spacial score (nSPS) is 22.1. The minimum absolute atomic E-state index is 0.528. The summed E-state index contributed by atoms with van der Waals surface area (Å²) < 4.78 is 0. The summed E-state index contributed by atoms with van der Waals surface area (Å²) in [6.07, 6.45) is 6.64. The molecule has 1 fully saturated rings. The van der Waals surface area contributed by atoms with Crippen LogP contribution in [0.5, 0.6) is 0 Å². The summed E-state index contributed by atoms with van der Waals surface area (Å²) in [5, 5.41) is 3.77. The molecule has 0 amide bonds. The minimum Gasteiger partial charge on any atom is -0.382 e. The molecule has 2 nitrogen and oxygen atoms in total. The molecule has 0 heterocycles. The van der Waals surface area contributed by atoms with Gasteiger partial charge in [0.15, 0.2) is 0 Å². The average Bonchev–Trinajstić information content (AvgIpc) is 2.53. The zero-order chi connectivity index (χ0) is 14.8. The molecule has 0 aliphatic heterocycles. The molecule has 1 aromatic carbocycles. The van der Waals surface area contributed by atoms with E-state index in [-0.39, 0.29) is 0 Å². The molecule has 0 saturated heterocycles. The van der Waals surface area contributed by atoms with Gasteiger partial charge in [-0.2, -0.15) is 0 Å². The lowest BCUT2D eigenvalue weighted by molar-refractivity contribution is 0.313. The van der Waals surface area contributed by atoms with E-state index in [1.54, 1.807) is 0 Å².